The third-order valence-corrected chi connectivity index (χ3v) is 2.37. The van der Waals surface area contributed by atoms with Gasteiger partial charge in [0.05, 0.1) is 12.2 Å². The van der Waals surface area contributed by atoms with Crippen molar-refractivity contribution in [3.63, 3.8) is 0 Å². The Kier molecular flexibility index (Phi) is 1.24. The molecular formula is C7H12O2. The van der Waals surface area contributed by atoms with Crippen molar-refractivity contribution in [2.75, 3.05) is 6.61 Å². The Hall–Kier alpha value is -0.0800. The average molecular weight is 128 g/mol. The van der Waals surface area contributed by atoms with Crippen LogP contribution in [0.25, 0.3) is 0 Å². The van der Waals surface area contributed by atoms with Gasteiger partial charge in [0.1, 0.15) is 0 Å². The van der Waals surface area contributed by atoms with Crippen LogP contribution in [0.5, 0.6) is 0 Å². The molecule has 0 aromatic carbocycles. The fraction of sp³-hybridized carbons (Fsp3) is 1.00. The molecule has 0 radical (unpaired) electrons. The zero-order valence-corrected chi connectivity index (χ0v) is 5.42. The third-order valence-electron chi connectivity index (χ3n) is 2.37. The molecule has 9 heavy (non-hydrogen) atoms. The van der Waals surface area contributed by atoms with Crippen LogP contribution in [0.2, 0.25) is 0 Å². The van der Waals surface area contributed by atoms with Gasteiger partial charge in [-0.15, -0.1) is 0 Å². The molecule has 2 heteroatoms. The first-order chi connectivity index (χ1) is 4.40. The Bertz CT molecular complexity index is 113. The predicted molar refractivity (Wildman–Crippen MR) is 33.1 cm³/mol. The van der Waals surface area contributed by atoms with E-state index < -0.39 is 0 Å². The van der Waals surface area contributed by atoms with Crippen LogP contribution in [-0.4, -0.2) is 23.9 Å². The lowest BCUT2D eigenvalue weighted by atomic mass is 9.90. The second-order valence-electron chi connectivity index (χ2n) is 3.07. The summed E-state index contributed by atoms with van der Waals surface area (Å²) in [5.41, 5.74) is 0. The van der Waals surface area contributed by atoms with Crippen LogP contribution in [-0.2, 0) is 4.74 Å². The van der Waals surface area contributed by atoms with Gasteiger partial charge < -0.3 is 9.84 Å². The lowest BCUT2D eigenvalue weighted by Gasteiger charge is -2.14. The summed E-state index contributed by atoms with van der Waals surface area (Å²) < 4.78 is 5.30. The van der Waals surface area contributed by atoms with Gasteiger partial charge in [-0.05, 0) is 25.2 Å². The Labute approximate surface area is 54.8 Å². The van der Waals surface area contributed by atoms with Gasteiger partial charge in [0.15, 0.2) is 0 Å². The number of rotatable bonds is 1. The summed E-state index contributed by atoms with van der Waals surface area (Å²) >= 11 is 0. The fourth-order valence-corrected chi connectivity index (χ4v) is 1.65. The highest BCUT2D eigenvalue weighted by molar-refractivity contribution is 4.91. The molecule has 2 nitrogen and oxygen atoms in total. The van der Waals surface area contributed by atoms with Gasteiger partial charge in [-0.1, -0.05) is 0 Å². The number of fused-ring (bicyclic) bond motifs is 1. The SMILES string of the molecule is OCC1CCC2O[C@H]2C1. The van der Waals surface area contributed by atoms with Gasteiger partial charge in [0.25, 0.3) is 0 Å². The Morgan fingerprint density at radius 3 is 2.89 bits per heavy atom. The van der Waals surface area contributed by atoms with E-state index in [0.29, 0.717) is 24.7 Å². The number of epoxide rings is 1. The number of hydrogen-bond donors (Lipinski definition) is 1. The summed E-state index contributed by atoms with van der Waals surface area (Å²) in [4.78, 5) is 0. The highest BCUT2D eigenvalue weighted by Crippen LogP contribution is 2.38. The van der Waals surface area contributed by atoms with Crippen LogP contribution < -0.4 is 0 Å². The monoisotopic (exact) mass is 128 g/mol. The Morgan fingerprint density at radius 2 is 2.22 bits per heavy atom. The molecule has 1 saturated carbocycles. The summed E-state index contributed by atoms with van der Waals surface area (Å²) in [6.45, 7) is 0.354. The molecule has 0 spiro atoms. The van der Waals surface area contributed by atoms with Crippen LogP contribution in [0, 0.1) is 5.92 Å². The lowest BCUT2D eigenvalue weighted by Crippen LogP contribution is -2.16. The molecule has 0 amide bonds. The van der Waals surface area contributed by atoms with E-state index in [9.17, 15) is 0 Å². The van der Waals surface area contributed by atoms with E-state index in [2.05, 4.69) is 0 Å². The van der Waals surface area contributed by atoms with Crippen LogP contribution >= 0.6 is 0 Å². The normalized spacial score (nSPS) is 48.3. The molecule has 0 bridgehead atoms. The molecule has 1 aliphatic heterocycles. The van der Waals surface area contributed by atoms with Gasteiger partial charge in [0.2, 0.25) is 0 Å². The number of hydrogen-bond acceptors (Lipinski definition) is 2. The molecule has 2 unspecified atom stereocenters. The fourth-order valence-electron chi connectivity index (χ4n) is 1.65. The number of aliphatic hydroxyl groups excluding tert-OH is 1. The first-order valence-electron chi connectivity index (χ1n) is 3.66. The summed E-state index contributed by atoms with van der Waals surface area (Å²) in [6, 6.07) is 0. The molecule has 2 fully saturated rings. The van der Waals surface area contributed by atoms with Crippen molar-refractivity contribution >= 4 is 0 Å². The second-order valence-corrected chi connectivity index (χ2v) is 3.07. The van der Waals surface area contributed by atoms with Crippen molar-refractivity contribution in [3.8, 4) is 0 Å². The van der Waals surface area contributed by atoms with Crippen LogP contribution in [0.15, 0.2) is 0 Å². The zero-order valence-electron chi connectivity index (χ0n) is 5.42. The first kappa shape index (κ1) is 5.69. The topological polar surface area (TPSA) is 32.8 Å². The van der Waals surface area contributed by atoms with E-state index >= 15 is 0 Å². The van der Waals surface area contributed by atoms with Gasteiger partial charge in [0, 0.05) is 6.61 Å². The maximum absolute atomic E-state index is 8.77. The zero-order chi connectivity index (χ0) is 6.27. The first-order valence-corrected chi connectivity index (χ1v) is 3.66. The van der Waals surface area contributed by atoms with Crippen molar-refractivity contribution in [3.05, 3.63) is 0 Å². The van der Waals surface area contributed by atoms with E-state index in [0.717, 1.165) is 12.8 Å². The Balaban J connectivity index is 1.86. The minimum absolute atomic E-state index is 0.354. The quantitative estimate of drug-likeness (QED) is 0.523. The summed E-state index contributed by atoms with van der Waals surface area (Å²) in [6.07, 6.45) is 4.54. The molecule has 1 N–H and O–H groups in total. The minimum atomic E-state index is 0.354. The Morgan fingerprint density at radius 1 is 1.33 bits per heavy atom. The highest BCUT2D eigenvalue weighted by Gasteiger charge is 2.43. The maximum Gasteiger partial charge on any atom is 0.0845 e. The van der Waals surface area contributed by atoms with Gasteiger partial charge >= 0.3 is 0 Å². The van der Waals surface area contributed by atoms with Crippen molar-refractivity contribution in [1.29, 1.82) is 0 Å². The molecule has 1 heterocycles. The van der Waals surface area contributed by atoms with E-state index in [1.54, 1.807) is 0 Å². The third kappa shape index (κ3) is 0.970. The largest absolute Gasteiger partial charge is 0.396 e. The van der Waals surface area contributed by atoms with Gasteiger partial charge in [-0.3, -0.25) is 0 Å². The van der Waals surface area contributed by atoms with E-state index in [-0.39, 0.29) is 0 Å². The van der Waals surface area contributed by atoms with Crippen molar-refractivity contribution in [1.82, 2.24) is 0 Å². The molecule has 52 valence electrons. The van der Waals surface area contributed by atoms with Crippen LogP contribution in [0.3, 0.4) is 0 Å². The average Bonchev–Trinajstić information content (AvgIpc) is 2.64. The molecule has 1 saturated heterocycles. The lowest BCUT2D eigenvalue weighted by molar-refractivity contribution is 0.197. The molecule has 0 aromatic rings. The summed E-state index contributed by atoms with van der Waals surface area (Å²) in [7, 11) is 0. The second kappa shape index (κ2) is 1.96. The van der Waals surface area contributed by atoms with Gasteiger partial charge in [-0.2, -0.15) is 0 Å². The summed E-state index contributed by atoms with van der Waals surface area (Å²) in [5, 5.41) is 8.77. The molecule has 3 atom stereocenters. The molecule has 2 aliphatic rings. The number of ether oxygens (including phenoxy) is 1. The number of aliphatic hydroxyl groups is 1. The minimum Gasteiger partial charge on any atom is -0.396 e. The van der Waals surface area contributed by atoms with Crippen molar-refractivity contribution in [2.45, 2.75) is 31.5 Å². The van der Waals surface area contributed by atoms with E-state index in [4.69, 9.17) is 9.84 Å². The molecular weight excluding hydrogens is 116 g/mol. The summed E-state index contributed by atoms with van der Waals surface area (Å²) in [5.74, 6) is 0.536. The molecule has 2 rings (SSSR count). The van der Waals surface area contributed by atoms with Crippen molar-refractivity contribution < 1.29 is 9.84 Å². The van der Waals surface area contributed by atoms with Gasteiger partial charge in [-0.25, -0.2) is 0 Å². The predicted octanol–water partition coefficient (Wildman–Crippen LogP) is 0.546. The maximum atomic E-state index is 8.77. The van der Waals surface area contributed by atoms with E-state index in [1.165, 1.54) is 6.42 Å². The van der Waals surface area contributed by atoms with Crippen LogP contribution in [0.4, 0.5) is 0 Å². The van der Waals surface area contributed by atoms with E-state index in [1.807, 2.05) is 0 Å². The highest BCUT2D eigenvalue weighted by atomic mass is 16.6. The van der Waals surface area contributed by atoms with Crippen LogP contribution in [0.1, 0.15) is 19.3 Å². The molecule has 1 aliphatic carbocycles. The van der Waals surface area contributed by atoms with Crippen molar-refractivity contribution in [2.24, 2.45) is 5.92 Å². The smallest absolute Gasteiger partial charge is 0.0845 e. The molecule has 0 aromatic heterocycles. The standard InChI is InChI=1S/C7H12O2/c8-4-5-1-2-6-7(3-5)9-6/h5-8H,1-4H2/t5?,6?,7-/m0/s1.